The zero-order chi connectivity index (χ0) is 15.4. The topological polar surface area (TPSA) is 67.8 Å². The van der Waals surface area contributed by atoms with Gasteiger partial charge in [-0.25, -0.2) is 4.39 Å². The summed E-state index contributed by atoms with van der Waals surface area (Å²) in [5.74, 6) is 0.130. The summed E-state index contributed by atoms with van der Waals surface area (Å²) < 4.78 is 18.8. The van der Waals surface area contributed by atoms with Crippen molar-refractivity contribution in [2.45, 2.75) is 13.5 Å². The number of halogens is 2. The van der Waals surface area contributed by atoms with Crippen LogP contribution in [0.15, 0.2) is 41.6 Å². The maximum Gasteiger partial charge on any atom is 0.171 e. The van der Waals surface area contributed by atoms with Gasteiger partial charge in [0.2, 0.25) is 0 Å². The van der Waals surface area contributed by atoms with E-state index in [4.69, 9.17) is 27.3 Å². The molecule has 0 radical (unpaired) electrons. The van der Waals surface area contributed by atoms with Gasteiger partial charge in [-0.2, -0.15) is 0 Å². The van der Waals surface area contributed by atoms with Crippen LogP contribution in [0.25, 0.3) is 0 Å². The van der Waals surface area contributed by atoms with Gasteiger partial charge >= 0.3 is 0 Å². The van der Waals surface area contributed by atoms with Crippen molar-refractivity contribution in [1.29, 1.82) is 0 Å². The van der Waals surface area contributed by atoms with Crippen LogP contribution >= 0.6 is 11.6 Å². The van der Waals surface area contributed by atoms with E-state index in [0.717, 1.165) is 11.1 Å². The molecule has 3 N–H and O–H groups in total. The standard InChI is InChI=1S/C15H14ClFN2O2/c1-9-2-3-11(17)6-10(9)8-21-12-4-5-13(14(16)7-12)15(18)19-20/h2-7,20H,8H2,1H3,(H2,18,19). The zero-order valence-electron chi connectivity index (χ0n) is 11.3. The van der Waals surface area contributed by atoms with Gasteiger partial charge in [-0.3, -0.25) is 0 Å². The quantitative estimate of drug-likeness (QED) is 0.393. The molecule has 0 saturated heterocycles. The number of amidine groups is 1. The molecule has 0 heterocycles. The number of rotatable bonds is 4. The minimum atomic E-state index is -0.306. The third-order valence-corrected chi connectivity index (χ3v) is 3.34. The Bertz CT molecular complexity index is 689. The van der Waals surface area contributed by atoms with Crippen molar-refractivity contribution in [1.82, 2.24) is 0 Å². The Morgan fingerprint density at radius 1 is 1.33 bits per heavy atom. The molecule has 0 unspecified atom stereocenters. The smallest absolute Gasteiger partial charge is 0.171 e. The summed E-state index contributed by atoms with van der Waals surface area (Å²) in [5, 5.41) is 11.8. The maximum absolute atomic E-state index is 13.2. The minimum absolute atomic E-state index is 0.0764. The number of ether oxygens (including phenoxy) is 1. The normalized spacial score (nSPS) is 11.5. The van der Waals surface area contributed by atoms with Crippen LogP contribution in [-0.2, 0) is 6.61 Å². The van der Waals surface area contributed by atoms with E-state index in [9.17, 15) is 4.39 Å². The van der Waals surface area contributed by atoms with Gasteiger partial charge in [-0.15, -0.1) is 0 Å². The Balaban J connectivity index is 2.14. The average molecular weight is 309 g/mol. The van der Waals surface area contributed by atoms with Gasteiger partial charge in [-0.05, 0) is 48.4 Å². The highest BCUT2D eigenvalue weighted by atomic mass is 35.5. The van der Waals surface area contributed by atoms with E-state index < -0.39 is 0 Å². The SMILES string of the molecule is Cc1ccc(F)cc1COc1ccc(/C(N)=N/O)c(Cl)c1. The number of oxime groups is 1. The van der Waals surface area contributed by atoms with Crippen LogP contribution in [0.2, 0.25) is 5.02 Å². The molecule has 0 aliphatic heterocycles. The van der Waals surface area contributed by atoms with Crippen molar-refractivity contribution in [3.63, 3.8) is 0 Å². The van der Waals surface area contributed by atoms with Gasteiger partial charge < -0.3 is 15.7 Å². The van der Waals surface area contributed by atoms with Crippen molar-refractivity contribution in [2.24, 2.45) is 10.9 Å². The molecule has 0 aliphatic carbocycles. The molecular weight excluding hydrogens is 295 g/mol. The molecule has 2 aromatic carbocycles. The molecular formula is C15H14ClFN2O2. The van der Waals surface area contributed by atoms with Gasteiger partial charge in [0.15, 0.2) is 5.84 Å². The van der Waals surface area contributed by atoms with Crippen LogP contribution in [-0.4, -0.2) is 11.0 Å². The number of hydrogen-bond acceptors (Lipinski definition) is 3. The Labute approximate surface area is 126 Å². The predicted molar refractivity (Wildman–Crippen MR) is 79.4 cm³/mol. The monoisotopic (exact) mass is 308 g/mol. The summed E-state index contributed by atoms with van der Waals surface area (Å²) in [6.45, 7) is 2.11. The number of benzene rings is 2. The molecule has 21 heavy (non-hydrogen) atoms. The van der Waals surface area contributed by atoms with Crippen molar-refractivity contribution in [2.75, 3.05) is 0 Å². The maximum atomic E-state index is 13.2. The molecule has 0 spiro atoms. The fourth-order valence-corrected chi connectivity index (χ4v) is 2.07. The summed E-state index contributed by atoms with van der Waals surface area (Å²) in [5.41, 5.74) is 7.59. The second-order valence-electron chi connectivity index (χ2n) is 4.49. The van der Waals surface area contributed by atoms with Crippen LogP contribution in [0.1, 0.15) is 16.7 Å². The molecule has 0 saturated carbocycles. The Morgan fingerprint density at radius 2 is 2.10 bits per heavy atom. The third-order valence-electron chi connectivity index (χ3n) is 3.03. The molecule has 0 amide bonds. The van der Waals surface area contributed by atoms with E-state index in [1.807, 2.05) is 6.92 Å². The highest BCUT2D eigenvalue weighted by Crippen LogP contribution is 2.23. The van der Waals surface area contributed by atoms with E-state index >= 15 is 0 Å². The van der Waals surface area contributed by atoms with E-state index in [1.54, 1.807) is 24.3 Å². The van der Waals surface area contributed by atoms with Crippen LogP contribution in [0.3, 0.4) is 0 Å². The second kappa shape index (κ2) is 6.45. The largest absolute Gasteiger partial charge is 0.489 e. The Hall–Kier alpha value is -2.27. The lowest BCUT2D eigenvalue weighted by atomic mass is 10.1. The molecule has 2 rings (SSSR count). The van der Waals surface area contributed by atoms with Crippen molar-refractivity contribution in [3.8, 4) is 5.75 Å². The molecule has 110 valence electrons. The molecule has 0 bridgehead atoms. The van der Waals surface area contributed by atoms with E-state index in [1.165, 1.54) is 12.1 Å². The fraction of sp³-hybridized carbons (Fsp3) is 0.133. The molecule has 6 heteroatoms. The van der Waals surface area contributed by atoms with Gasteiger partial charge in [0, 0.05) is 5.56 Å². The summed E-state index contributed by atoms with van der Waals surface area (Å²) >= 11 is 6.03. The average Bonchev–Trinajstić information content (AvgIpc) is 2.47. The molecule has 0 aliphatic rings. The van der Waals surface area contributed by atoms with Crippen molar-refractivity contribution < 1.29 is 14.3 Å². The minimum Gasteiger partial charge on any atom is -0.489 e. The number of nitrogens with zero attached hydrogens (tertiary/aromatic N) is 1. The fourth-order valence-electron chi connectivity index (χ4n) is 1.80. The van der Waals surface area contributed by atoms with Crippen molar-refractivity contribution in [3.05, 3.63) is 63.9 Å². The van der Waals surface area contributed by atoms with Gasteiger partial charge in [0.05, 0.1) is 5.02 Å². The zero-order valence-corrected chi connectivity index (χ0v) is 12.1. The Kier molecular flexibility index (Phi) is 4.65. The molecule has 0 aromatic heterocycles. The van der Waals surface area contributed by atoms with Gasteiger partial charge in [0.1, 0.15) is 18.2 Å². The summed E-state index contributed by atoms with van der Waals surface area (Å²) in [6.07, 6.45) is 0. The first-order chi connectivity index (χ1) is 10.0. The first kappa shape index (κ1) is 15.1. The number of hydrogen-bond donors (Lipinski definition) is 2. The summed E-state index contributed by atoms with van der Waals surface area (Å²) in [6, 6.07) is 9.33. The molecule has 4 nitrogen and oxygen atoms in total. The molecule has 2 aromatic rings. The first-order valence-electron chi connectivity index (χ1n) is 6.16. The van der Waals surface area contributed by atoms with E-state index in [-0.39, 0.29) is 18.3 Å². The first-order valence-corrected chi connectivity index (χ1v) is 6.54. The lowest BCUT2D eigenvalue weighted by Gasteiger charge is -2.10. The number of aryl methyl sites for hydroxylation is 1. The van der Waals surface area contributed by atoms with Gasteiger partial charge in [-0.1, -0.05) is 22.8 Å². The van der Waals surface area contributed by atoms with Crippen LogP contribution in [0.4, 0.5) is 4.39 Å². The van der Waals surface area contributed by atoms with Crippen molar-refractivity contribution >= 4 is 17.4 Å². The van der Waals surface area contributed by atoms with Crippen LogP contribution in [0, 0.1) is 12.7 Å². The lowest BCUT2D eigenvalue weighted by Crippen LogP contribution is -2.13. The predicted octanol–water partition coefficient (Wildman–Crippen LogP) is 3.46. The summed E-state index contributed by atoms with van der Waals surface area (Å²) in [4.78, 5) is 0. The summed E-state index contributed by atoms with van der Waals surface area (Å²) in [7, 11) is 0. The highest BCUT2D eigenvalue weighted by molar-refractivity contribution is 6.34. The number of nitrogens with two attached hydrogens (primary N) is 1. The molecule has 0 fully saturated rings. The third kappa shape index (κ3) is 3.64. The lowest BCUT2D eigenvalue weighted by molar-refractivity contribution is 0.304. The van der Waals surface area contributed by atoms with Crippen LogP contribution < -0.4 is 10.5 Å². The Morgan fingerprint density at radius 3 is 2.76 bits per heavy atom. The molecule has 0 atom stereocenters. The van der Waals surface area contributed by atoms with Crippen LogP contribution in [0.5, 0.6) is 5.75 Å². The highest BCUT2D eigenvalue weighted by Gasteiger charge is 2.08. The van der Waals surface area contributed by atoms with E-state index in [2.05, 4.69) is 5.16 Å². The second-order valence-corrected chi connectivity index (χ2v) is 4.89. The van der Waals surface area contributed by atoms with E-state index in [0.29, 0.717) is 16.3 Å². The van der Waals surface area contributed by atoms with Gasteiger partial charge in [0.25, 0.3) is 0 Å².